The molecule has 2 amide bonds. The highest BCUT2D eigenvalue weighted by Gasteiger charge is 2.29. The highest BCUT2D eigenvalue weighted by atomic mass is 127. The second-order valence-corrected chi connectivity index (χ2v) is 8.31. The molecule has 184 valence electrons. The predicted molar refractivity (Wildman–Crippen MR) is 147 cm³/mol. The molecule has 34 heavy (non-hydrogen) atoms. The van der Waals surface area contributed by atoms with E-state index in [9.17, 15) is 9.59 Å². The van der Waals surface area contributed by atoms with Crippen LogP contribution in [0.1, 0.15) is 24.5 Å². The summed E-state index contributed by atoms with van der Waals surface area (Å²) in [6.45, 7) is 5.49. The highest BCUT2D eigenvalue weighted by Crippen LogP contribution is 2.17. The average Bonchev–Trinajstić information content (AvgIpc) is 3.20. The van der Waals surface area contributed by atoms with Crippen LogP contribution in [-0.4, -0.2) is 61.9 Å². The van der Waals surface area contributed by atoms with Crippen LogP contribution in [0.25, 0.3) is 0 Å². The Hall–Kier alpha value is -2.62. The summed E-state index contributed by atoms with van der Waals surface area (Å²) in [7, 11) is 0. The van der Waals surface area contributed by atoms with Gasteiger partial charge in [0.25, 0.3) is 0 Å². The van der Waals surface area contributed by atoms with Crippen molar-refractivity contribution in [3.8, 4) is 0 Å². The van der Waals surface area contributed by atoms with E-state index in [0.29, 0.717) is 32.0 Å². The molecule has 7 nitrogen and oxygen atoms in total. The molecule has 0 spiro atoms. The van der Waals surface area contributed by atoms with Crippen molar-refractivity contribution in [2.24, 2.45) is 10.9 Å². The first-order valence-corrected chi connectivity index (χ1v) is 11.8. The van der Waals surface area contributed by atoms with E-state index >= 15 is 0 Å². The van der Waals surface area contributed by atoms with Crippen molar-refractivity contribution < 1.29 is 9.59 Å². The predicted octanol–water partition coefficient (Wildman–Crippen LogP) is 2.61. The van der Waals surface area contributed by atoms with Crippen LogP contribution in [0, 0.1) is 5.92 Å². The third-order valence-electron chi connectivity index (χ3n) is 5.67. The first-order chi connectivity index (χ1) is 16.1. The van der Waals surface area contributed by atoms with E-state index in [4.69, 9.17) is 0 Å². The number of nitrogens with zero attached hydrogens (tertiary/aromatic N) is 2. The molecule has 1 heterocycles. The lowest BCUT2D eigenvalue weighted by molar-refractivity contribution is -0.127. The number of amides is 2. The van der Waals surface area contributed by atoms with E-state index in [-0.39, 0.29) is 48.3 Å². The van der Waals surface area contributed by atoms with Crippen molar-refractivity contribution in [3.05, 3.63) is 71.8 Å². The van der Waals surface area contributed by atoms with Gasteiger partial charge in [-0.25, -0.2) is 4.99 Å². The summed E-state index contributed by atoms with van der Waals surface area (Å²) >= 11 is 0. The normalized spacial score (nSPS) is 15.6. The second-order valence-electron chi connectivity index (χ2n) is 8.31. The van der Waals surface area contributed by atoms with Crippen LogP contribution < -0.4 is 16.0 Å². The molecule has 1 aliphatic rings. The summed E-state index contributed by atoms with van der Waals surface area (Å²) in [6.07, 6.45) is 2.21. The molecule has 0 saturated carbocycles. The zero-order valence-electron chi connectivity index (χ0n) is 19.8. The maximum absolute atomic E-state index is 12.4. The van der Waals surface area contributed by atoms with Crippen molar-refractivity contribution >= 4 is 41.8 Å². The fraction of sp³-hybridized carbons (Fsp3) is 0.423. The summed E-state index contributed by atoms with van der Waals surface area (Å²) in [6, 6.07) is 20.3. The lowest BCUT2D eigenvalue weighted by Gasteiger charge is -2.18. The summed E-state index contributed by atoms with van der Waals surface area (Å²) in [5, 5.41) is 9.38. The summed E-state index contributed by atoms with van der Waals surface area (Å²) in [4.78, 5) is 30.9. The molecule has 1 unspecified atom stereocenters. The summed E-state index contributed by atoms with van der Waals surface area (Å²) < 4.78 is 0. The van der Waals surface area contributed by atoms with Gasteiger partial charge in [-0.2, -0.15) is 0 Å². The van der Waals surface area contributed by atoms with Gasteiger partial charge in [-0.3, -0.25) is 9.59 Å². The first kappa shape index (κ1) is 27.6. The SMILES string of the molecule is CCNC(=NCC(=O)NCCc1ccccc1)NCC1CC(=O)N(CCc2ccccc2)C1.I. The van der Waals surface area contributed by atoms with Crippen molar-refractivity contribution in [2.75, 3.05) is 39.3 Å². The lowest BCUT2D eigenvalue weighted by Crippen LogP contribution is -2.41. The third kappa shape index (κ3) is 9.70. The van der Waals surface area contributed by atoms with Gasteiger partial charge in [0.1, 0.15) is 6.54 Å². The van der Waals surface area contributed by atoms with Crippen molar-refractivity contribution in [3.63, 3.8) is 0 Å². The largest absolute Gasteiger partial charge is 0.357 e. The van der Waals surface area contributed by atoms with Gasteiger partial charge in [0.2, 0.25) is 11.8 Å². The van der Waals surface area contributed by atoms with E-state index in [1.54, 1.807) is 0 Å². The molecule has 0 aliphatic carbocycles. The molecule has 3 rings (SSSR count). The van der Waals surface area contributed by atoms with Crippen LogP contribution in [0.5, 0.6) is 0 Å². The minimum absolute atomic E-state index is 0. The van der Waals surface area contributed by atoms with E-state index in [0.717, 1.165) is 25.9 Å². The Morgan fingerprint density at radius 3 is 2.26 bits per heavy atom. The Morgan fingerprint density at radius 1 is 0.971 bits per heavy atom. The molecule has 0 radical (unpaired) electrons. The maximum atomic E-state index is 12.4. The topological polar surface area (TPSA) is 85.8 Å². The van der Waals surface area contributed by atoms with Gasteiger partial charge < -0.3 is 20.9 Å². The van der Waals surface area contributed by atoms with E-state index in [1.165, 1.54) is 11.1 Å². The van der Waals surface area contributed by atoms with Gasteiger partial charge in [0, 0.05) is 45.1 Å². The molecule has 0 bridgehead atoms. The Kier molecular flexibility index (Phi) is 12.4. The number of rotatable bonds is 11. The van der Waals surface area contributed by atoms with Crippen molar-refractivity contribution in [1.29, 1.82) is 0 Å². The molecule has 3 N–H and O–H groups in total. The quantitative estimate of drug-likeness (QED) is 0.218. The van der Waals surface area contributed by atoms with Crippen molar-refractivity contribution in [2.45, 2.75) is 26.2 Å². The van der Waals surface area contributed by atoms with E-state index < -0.39 is 0 Å². The van der Waals surface area contributed by atoms with Gasteiger partial charge in [-0.05, 0) is 30.9 Å². The van der Waals surface area contributed by atoms with E-state index in [2.05, 4.69) is 33.1 Å². The third-order valence-corrected chi connectivity index (χ3v) is 5.67. The molecule has 1 atom stereocenters. The Labute approximate surface area is 219 Å². The van der Waals surface area contributed by atoms with Crippen LogP contribution in [-0.2, 0) is 22.4 Å². The number of carbonyl (C=O) groups excluding carboxylic acids is 2. The Morgan fingerprint density at radius 2 is 1.62 bits per heavy atom. The minimum atomic E-state index is -0.105. The number of carbonyl (C=O) groups is 2. The van der Waals surface area contributed by atoms with Crippen LogP contribution >= 0.6 is 24.0 Å². The zero-order valence-corrected chi connectivity index (χ0v) is 22.2. The zero-order chi connectivity index (χ0) is 23.3. The molecular weight excluding hydrogens is 541 g/mol. The average molecular weight is 578 g/mol. The number of hydrogen-bond acceptors (Lipinski definition) is 3. The number of aliphatic imine (C=N–C) groups is 1. The van der Waals surface area contributed by atoms with Crippen LogP contribution in [0.4, 0.5) is 0 Å². The number of benzene rings is 2. The molecule has 1 aliphatic heterocycles. The summed E-state index contributed by atoms with van der Waals surface area (Å²) in [5.41, 5.74) is 2.44. The van der Waals surface area contributed by atoms with Gasteiger partial charge in [-0.1, -0.05) is 60.7 Å². The molecule has 1 saturated heterocycles. The van der Waals surface area contributed by atoms with Crippen LogP contribution in [0.15, 0.2) is 65.7 Å². The number of guanidine groups is 1. The van der Waals surface area contributed by atoms with Gasteiger partial charge in [0.05, 0.1) is 0 Å². The van der Waals surface area contributed by atoms with Gasteiger partial charge in [0.15, 0.2) is 5.96 Å². The fourth-order valence-electron chi connectivity index (χ4n) is 3.90. The molecule has 1 fully saturated rings. The Balaban J connectivity index is 0.00000408. The Bertz CT molecular complexity index is 908. The second kappa shape index (κ2) is 15.3. The standard InChI is InChI=1S/C26H35N5O2.HI/c1-2-27-26(30-19-24(32)28-15-13-21-9-5-3-6-10-21)29-18-23-17-25(33)31(20-23)16-14-22-11-7-4-8-12-22;/h3-12,23H,2,13-20H2,1H3,(H,28,32)(H2,27,29,30);1H. The number of likely N-dealkylation sites (tertiary alicyclic amines) is 1. The molecule has 2 aromatic carbocycles. The number of halogens is 1. The van der Waals surface area contributed by atoms with Crippen molar-refractivity contribution in [1.82, 2.24) is 20.9 Å². The number of hydrogen-bond donors (Lipinski definition) is 3. The van der Waals surface area contributed by atoms with Crippen LogP contribution in [0.2, 0.25) is 0 Å². The fourth-order valence-corrected chi connectivity index (χ4v) is 3.90. The summed E-state index contributed by atoms with van der Waals surface area (Å²) in [5.74, 6) is 0.937. The monoisotopic (exact) mass is 577 g/mol. The first-order valence-electron chi connectivity index (χ1n) is 11.8. The van der Waals surface area contributed by atoms with Gasteiger partial charge in [-0.15, -0.1) is 24.0 Å². The van der Waals surface area contributed by atoms with E-state index in [1.807, 2.05) is 60.4 Å². The molecule has 8 heteroatoms. The molecular formula is C26H36IN5O2. The lowest BCUT2D eigenvalue weighted by atomic mass is 10.1. The molecule has 2 aromatic rings. The smallest absolute Gasteiger partial charge is 0.241 e. The van der Waals surface area contributed by atoms with Crippen LogP contribution in [0.3, 0.4) is 0 Å². The number of nitrogens with one attached hydrogen (secondary N) is 3. The minimum Gasteiger partial charge on any atom is -0.357 e. The maximum Gasteiger partial charge on any atom is 0.241 e. The highest BCUT2D eigenvalue weighted by molar-refractivity contribution is 14.0. The van der Waals surface area contributed by atoms with Gasteiger partial charge >= 0.3 is 0 Å². The molecule has 0 aromatic heterocycles.